The lowest BCUT2D eigenvalue weighted by Gasteiger charge is -2.45. The van der Waals surface area contributed by atoms with Crippen LogP contribution in [-0.4, -0.2) is 11.1 Å². The molecule has 65 heavy (non-hydrogen) atoms. The van der Waals surface area contributed by atoms with Gasteiger partial charge in [0.25, 0.3) is 0 Å². The summed E-state index contributed by atoms with van der Waals surface area (Å²) in [5.74, 6) is -0.458. The van der Waals surface area contributed by atoms with E-state index in [1.165, 1.54) is 172 Å². The molecule has 4 heteroatoms. The third-order valence-corrected chi connectivity index (χ3v) is 17.0. The molecule has 0 amide bonds. The molecule has 0 unspecified atom stereocenters. The van der Waals surface area contributed by atoms with E-state index in [-0.39, 0.29) is 11.3 Å². The van der Waals surface area contributed by atoms with Crippen LogP contribution in [0.25, 0.3) is 0 Å². The van der Waals surface area contributed by atoms with Crippen molar-refractivity contribution in [2.45, 2.75) is 249 Å². The minimum atomic E-state index is -2.74. The van der Waals surface area contributed by atoms with Crippen molar-refractivity contribution in [1.29, 1.82) is 0 Å². The van der Waals surface area contributed by atoms with Crippen LogP contribution in [0.5, 0.6) is 5.75 Å². The highest BCUT2D eigenvalue weighted by molar-refractivity contribution is 8.30. The highest BCUT2D eigenvalue weighted by Crippen LogP contribution is 2.73. The van der Waals surface area contributed by atoms with Crippen LogP contribution in [0, 0.1) is 0 Å². The topological polar surface area (TPSA) is 46.5 Å². The van der Waals surface area contributed by atoms with Gasteiger partial charge in [-0.2, -0.15) is 0 Å². The Hall–Kier alpha value is -3.50. The Kier molecular flexibility index (Phi) is 26.2. The van der Waals surface area contributed by atoms with Gasteiger partial charge in [0.15, 0.2) is 0 Å². The van der Waals surface area contributed by atoms with Crippen LogP contribution in [0.3, 0.4) is 0 Å². The second-order valence-electron chi connectivity index (χ2n) is 19.1. The van der Waals surface area contributed by atoms with Gasteiger partial charge in [-0.15, -0.1) is 0 Å². The van der Waals surface area contributed by atoms with Crippen LogP contribution >= 0.6 is 10.3 Å². The number of benzene rings is 4. The highest BCUT2D eigenvalue weighted by atomic mass is 32.3. The maximum atomic E-state index is 15.4. The van der Waals surface area contributed by atoms with Gasteiger partial charge in [-0.05, 0) is 145 Å². The van der Waals surface area contributed by atoms with Gasteiger partial charge in [-0.25, -0.2) is 4.79 Å². The molecule has 0 atom stereocenters. The van der Waals surface area contributed by atoms with Crippen molar-refractivity contribution in [3.8, 4) is 5.75 Å². The van der Waals surface area contributed by atoms with Crippen molar-refractivity contribution >= 4 is 16.3 Å². The first-order valence-corrected chi connectivity index (χ1v) is 28.6. The summed E-state index contributed by atoms with van der Waals surface area (Å²) >= 11 is 0. The van der Waals surface area contributed by atoms with Crippen LogP contribution in [0.1, 0.15) is 239 Å². The third kappa shape index (κ3) is 17.0. The van der Waals surface area contributed by atoms with Crippen molar-refractivity contribution in [3.63, 3.8) is 0 Å². The maximum Gasteiger partial charge on any atom is 0.353 e. The fraction of sp³-hybridized carbons (Fsp3) is 0.590. The molecule has 0 aliphatic carbocycles. The molecule has 0 heterocycles. The van der Waals surface area contributed by atoms with E-state index in [4.69, 9.17) is 4.18 Å². The number of phenolic OH excluding ortho intramolecular Hbond substituents is 1. The number of aromatic hydroxyl groups is 1. The van der Waals surface area contributed by atoms with Crippen LogP contribution in [0.15, 0.2) is 93.5 Å². The molecule has 3 nitrogen and oxygen atoms in total. The van der Waals surface area contributed by atoms with E-state index in [1.807, 2.05) is 6.07 Å². The number of para-hydroxylation sites is 1. The monoisotopic (exact) mass is 905 g/mol. The molecule has 0 bridgehead atoms. The van der Waals surface area contributed by atoms with Crippen molar-refractivity contribution < 1.29 is 14.1 Å². The normalized spacial score (nSPS) is 11.9. The SMILES string of the molecule is CCCCCCc1cc(CCCCCC)c(S(OC(=O)c2ccccc2O)(c2ccccc2)c2c(CCCCCC)cc(CCCCCC)cc2CCCCCC)c(CCCCCC)c1. The molecular formula is C61H92O3S. The zero-order valence-corrected chi connectivity index (χ0v) is 43.2. The Bertz CT molecular complexity index is 1760. The molecule has 0 aromatic heterocycles. The summed E-state index contributed by atoms with van der Waals surface area (Å²) < 4.78 is 7.73. The number of unbranched alkanes of at least 4 members (excludes halogenated alkanes) is 18. The number of aryl methyl sites for hydroxylation is 6. The maximum absolute atomic E-state index is 15.4. The van der Waals surface area contributed by atoms with E-state index in [9.17, 15) is 5.11 Å². The fourth-order valence-corrected chi connectivity index (χ4v) is 13.7. The van der Waals surface area contributed by atoms with Crippen molar-refractivity contribution in [3.05, 3.63) is 118 Å². The van der Waals surface area contributed by atoms with E-state index in [0.717, 1.165) is 69.1 Å². The standard InChI is InChI=1S/C61H92O3S/c1-7-13-19-26-36-50-46-52(38-28-21-15-9-3)59(53(47-50)39-29-22-16-10-4)65(56-42-32-25-33-43-56,64-61(63)57-44-34-35-45-58(57)62)60-54(40-30-23-17-11-5)48-51(37-27-20-14-8-2)49-55(60)41-31-24-18-12-6/h25,32-35,42-49,62H,7-24,26-31,36-41H2,1-6H3. The lowest BCUT2D eigenvalue weighted by molar-refractivity contribution is 0.0754. The van der Waals surface area contributed by atoms with Gasteiger partial charge in [0.1, 0.15) is 11.3 Å². The molecule has 0 saturated carbocycles. The quantitative estimate of drug-likeness (QED) is 0.0468. The van der Waals surface area contributed by atoms with E-state index in [1.54, 1.807) is 18.2 Å². The van der Waals surface area contributed by atoms with Gasteiger partial charge >= 0.3 is 5.97 Å². The Morgan fingerprint density at radius 1 is 0.415 bits per heavy atom. The van der Waals surface area contributed by atoms with Crippen LogP contribution in [0.2, 0.25) is 0 Å². The Morgan fingerprint density at radius 2 is 0.738 bits per heavy atom. The number of carbonyl (C=O) groups is 1. The molecule has 0 radical (unpaired) electrons. The first kappa shape index (κ1) is 54.1. The van der Waals surface area contributed by atoms with Crippen molar-refractivity contribution in [1.82, 2.24) is 0 Å². The molecule has 4 aromatic rings. The first-order valence-electron chi connectivity index (χ1n) is 27.1. The summed E-state index contributed by atoms with van der Waals surface area (Å²) in [5.41, 5.74) is 8.62. The molecule has 0 saturated heterocycles. The molecular weight excluding hydrogens is 813 g/mol. The Labute approximate surface area is 400 Å². The van der Waals surface area contributed by atoms with Crippen molar-refractivity contribution in [2.75, 3.05) is 0 Å². The molecule has 0 spiro atoms. The molecule has 360 valence electrons. The van der Waals surface area contributed by atoms with Crippen LogP contribution < -0.4 is 0 Å². The zero-order valence-electron chi connectivity index (χ0n) is 42.4. The molecule has 4 rings (SSSR count). The van der Waals surface area contributed by atoms with Gasteiger partial charge in [0.05, 0.1) is 0 Å². The summed E-state index contributed by atoms with van der Waals surface area (Å²) in [7, 11) is -2.74. The number of carbonyl (C=O) groups excluding carboxylic acids is 1. The van der Waals surface area contributed by atoms with E-state index in [2.05, 4.69) is 96.1 Å². The van der Waals surface area contributed by atoms with Crippen molar-refractivity contribution in [2.24, 2.45) is 0 Å². The number of phenols is 1. The minimum Gasteiger partial charge on any atom is -0.507 e. The van der Waals surface area contributed by atoms with Gasteiger partial charge < -0.3 is 9.29 Å². The van der Waals surface area contributed by atoms with Crippen LogP contribution in [-0.2, 0) is 42.7 Å². The number of hydrogen-bond acceptors (Lipinski definition) is 3. The highest BCUT2D eigenvalue weighted by Gasteiger charge is 2.43. The largest absolute Gasteiger partial charge is 0.507 e. The molecule has 4 aromatic carbocycles. The predicted octanol–water partition coefficient (Wildman–Crippen LogP) is 19.2. The van der Waals surface area contributed by atoms with E-state index in [0.29, 0.717) is 0 Å². The third-order valence-electron chi connectivity index (χ3n) is 13.4. The number of rotatable bonds is 35. The Morgan fingerprint density at radius 3 is 1.08 bits per heavy atom. The fourth-order valence-electron chi connectivity index (χ4n) is 9.79. The predicted molar refractivity (Wildman–Crippen MR) is 282 cm³/mol. The minimum absolute atomic E-state index is 0.0251. The smallest absolute Gasteiger partial charge is 0.353 e. The van der Waals surface area contributed by atoms with Crippen LogP contribution in [0.4, 0.5) is 0 Å². The summed E-state index contributed by atoms with van der Waals surface area (Å²) in [6, 6.07) is 28.3. The summed E-state index contributed by atoms with van der Waals surface area (Å²) in [5, 5.41) is 11.4. The lowest BCUT2D eigenvalue weighted by Crippen LogP contribution is -2.20. The van der Waals surface area contributed by atoms with Gasteiger partial charge in [-0.3, -0.25) is 0 Å². The summed E-state index contributed by atoms with van der Waals surface area (Å²) in [4.78, 5) is 19.1. The van der Waals surface area contributed by atoms with Gasteiger partial charge in [-0.1, -0.05) is 212 Å². The Balaban J connectivity index is 2.24. The average molecular weight is 905 g/mol. The average Bonchev–Trinajstić information content (AvgIpc) is 3.32. The van der Waals surface area contributed by atoms with Gasteiger partial charge in [0, 0.05) is 14.7 Å². The summed E-state index contributed by atoms with van der Waals surface area (Å²) in [6.07, 6.45) is 34.7. The van der Waals surface area contributed by atoms with Gasteiger partial charge in [0.2, 0.25) is 0 Å². The number of hydrogen-bond donors (Lipinski definition) is 1. The van der Waals surface area contributed by atoms with E-state index >= 15 is 4.79 Å². The zero-order chi connectivity index (χ0) is 46.5. The second kappa shape index (κ2) is 31.5. The molecule has 0 aliphatic heterocycles. The second-order valence-corrected chi connectivity index (χ2v) is 21.7. The first-order chi connectivity index (χ1) is 31.9. The lowest BCUT2D eigenvalue weighted by atomic mass is 9.94. The summed E-state index contributed by atoms with van der Waals surface area (Å²) in [6.45, 7) is 13.8. The molecule has 1 N–H and O–H groups in total. The molecule has 0 aliphatic rings. The van der Waals surface area contributed by atoms with E-state index < -0.39 is 16.3 Å². The molecule has 0 fully saturated rings.